The van der Waals surface area contributed by atoms with E-state index >= 15 is 0 Å². The van der Waals surface area contributed by atoms with Gasteiger partial charge in [0, 0.05) is 25.1 Å². The summed E-state index contributed by atoms with van der Waals surface area (Å²) in [6.07, 6.45) is 2.60. The number of aromatic nitrogens is 2. The van der Waals surface area contributed by atoms with Crippen LogP contribution in [0.5, 0.6) is 0 Å². The van der Waals surface area contributed by atoms with Crippen LogP contribution in [0.3, 0.4) is 0 Å². The fraction of sp³-hybridized carbons (Fsp3) is 0.412. The van der Waals surface area contributed by atoms with Crippen LogP contribution in [-0.2, 0) is 6.42 Å². The van der Waals surface area contributed by atoms with E-state index in [0.717, 1.165) is 25.8 Å². The Bertz CT molecular complexity index is 730. The van der Waals surface area contributed by atoms with E-state index < -0.39 is 0 Å². The predicted molar refractivity (Wildman–Crippen MR) is 82.7 cm³/mol. The lowest BCUT2D eigenvalue weighted by Gasteiger charge is -2.31. The highest BCUT2D eigenvalue weighted by Gasteiger charge is 2.28. The Hall–Kier alpha value is -2.68. The molecular formula is C17H18N4O2. The molecule has 1 fully saturated rings. The van der Waals surface area contributed by atoms with Gasteiger partial charge in [0.15, 0.2) is 5.82 Å². The van der Waals surface area contributed by atoms with Crippen molar-refractivity contribution >= 4 is 5.91 Å². The quantitative estimate of drug-likeness (QED) is 0.870. The minimum atomic E-state index is -0.0191. The molecule has 1 unspecified atom stereocenters. The smallest absolute Gasteiger partial charge is 0.253 e. The minimum absolute atomic E-state index is 0.0191. The van der Waals surface area contributed by atoms with Gasteiger partial charge in [0.1, 0.15) is 0 Å². The number of benzene rings is 1. The number of aryl methyl sites for hydroxylation is 1. The Morgan fingerprint density at radius 2 is 2.22 bits per heavy atom. The van der Waals surface area contributed by atoms with Crippen LogP contribution in [0.15, 0.2) is 28.8 Å². The lowest BCUT2D eigenvalue weighted by molar-refractivity contribution is 0.0695. The van der Waals surface area contributed by atoms with Crippen LogP contribution in [0.1, 0.15) is 53.3 Å². The highest BCUT2D eigenvalue weighted by molar-refractivity contribution is 5.94. The highest BCUT2D eigenvalue weighted by atomic mass is 16.5. The number of likely N-dealkylation sites (tertiary alicyclic amines) is 1. The van der Waals surface area contributed by atoms with Gasteiger partial charge in [-0.05, 0) is 37.1 Å². The van der Waals surface area contributed by atoms with Gasteiger partial charge in [0.25, 0.3) is 5.91 Å². The molecule has 0 saturated carbocycles. The third-order valence-corrected chi connectivity index (χ3v) is 4.12. The highest BCUT2D eigenvalue weighted by Crippen LogP contribution is 2.26. The van der Waals surface area contributed by atoms with Crippen LogP contribution < -0.4 is 0 Å². The van der Waals surface area contributed by atoms with Crippen LogP contribution in [0.2, 0.25) is 0 Å². The number of rotatable bonds is 3. The maximum atomic E-state index is 12.6. The van der Waals surface area contributed by atoms with E-state index in [4.69, 9.17) is 9.78 Å². The summed E-state index contributed by atoms with van der Waals surface area (Å²) < 4.78 is 5.32. The molecule has 1 amide bonds. The van der Waals surface area contributed by atoms with E-state index in [1.807, 2.05) is 11.8 Å². The standard InChI is InChI=1S/C17H18N4O2/c1-2-15-19-16(23-20-15)14-4-3-9-21(11-14)17(22)13-7-5-12(10-18)6-8-13/h5-8,14H,2-4,9,11H2,1H3. The average Bonchev–Trinajstić information content (AvgIpc) is 3.10. The first kappa shape index (κ1) is 15.2. The number of amides is 1. The van der Waals surface area contributed by atoms with Gasteiger partial charge in [-0.3, -0.25) is 4.79 Å². The van der Waals surface area contributed by atoms with Crippen molar-refractivity contribution in [2.75, 3.05) is 13.1 Å². The second kappa shape index (κ2) is 6.61. The fourth-order valence-corrected chi connectivity index (χ4v) is 2.81. The molecule has 2 aromatic rings. The molecule has 6 heteroatoms. The molecule has 0 bridgehead atoms. The zero-order chi connectivity index (χ0) is 16.2. The molecule has 1 atom stereocenters. The van der Waals surface area contributed by atoms with Crippen LogP contribution >= 0.6 is 0 Å². The molecule has 1 aromatic carbocycles. The van der Waals surface area contributed by atoms with Crippen molar-refractivity contribution in [2.24, 2.45) is 0 Å². The molecule has 6 nitrogen and oxygen atoms in total. The van der Waals surface area contributed by atoms with Crippen molar-refractivity contribution in [2.45, 2.75) is 32.1 Å². The van der Waals surface area contributed by atoms with Gasteiger partial charge in [-0.15, -0.1) is 0 Å². The molecule has 118 valence electrons. The molecule has 0 N–H and O–H groups in total. The Balaban J connectivity index is 1.72. The van der Waals surface area contributed by atoms with Gasteiger partial charge in [-0.1, -0.05) is 12.1 Å². The van der Waals surface area contributed by atoms with Gasteiger partial charge in [-0.2, -0.15) is 10.2 Å². The number of nitrogens with zero attached hydrogens (tertiary/aromatic N) is 4. The third-order valence-electron chi connectivity index (χ3n) is 4.12. The molecule has 3 rings (SSSR count). The maximum absolute atomic E-state index is 12.6. The maximum Gasteiger partial charge on any atom is 0.253 e. The molecule has 0 aliphatic carbocycles. The molecule has 2 heterocycles. The van der Waals surface area contributed by atoms with E-state index in [1.54, 1.807) is 24.3 Å². The average molecular weight is 310 g/mol. The molecule has 1 saturated heterocycles. The van der Waals surface area contributed by atoms with Crippen molar-refractivity contribution in [3.05, 3.63) is 47.1 Å². The van der Waals surface area contributed by atoms with Gasteiger partial charge >= 0.3 is 0 Å². The number of piperidine rings is 1. The molecule has 0 radical (unpaired) electrons. The zero-order valence-corrected chi connectivity index (χ0v) is 13.0. The summed E-state index contributed by atoms with van der Waals surface area (Å²) in [5.41, 5.74) is 1.15. The fourth-order valence-electron chi connectivity index (χ4n) is 2.81. The van der Waals surface area contributed by atoms with Crippen molar-refractivity contribution < 1.29 is 9.32 Å². The summed E-state index contributed by atoms with van der Waals surface area (Å²) in [7, 11) is 0. The summed E-state index contributed by atoms with van der Waals surface area (Å²) in [5.74, 6) is 1.41. The molecule has 1 aromatic heterocycles. The largest absolute Gasteiger partial charge is 0.339 e. The summed E-state index contributed by atoms with van der Waals surface area (Å²) >= 11 is 0. The first-order valence-electron chi connectivity index (χ1n) is 7.83. The number of hydrogen-bond donors (Lipinski definition) is 0. The first-order valence-corrected chi connectivity index (χ1v) is 7.83. The van der Waals surface area contributed by atoms with Gasteiger partial charge in [-0.25, -0.2) is 0 Å². The second-order valence-electron chi connectivity index (χ2n) is 5.68. The van der Waals surface area contributed by atoms with Gasteiger partial charge in [0.05, 0.1) is 17.6 Å². The molecule has 1 aliphatic rings. The van der Waals surface area contributed by atoms with E-state index in [2.05, 4.69) is 16.2 Å². The molecular weight excluding hydrogens is 292 g/mol. The predicted octanol–water partition coefficient (Wildman–Crippen LogP) is 2.52. The topological polar surface area (TPSA) is 83.0 Å². The minimum Gasteiger partial charge on any atom is -0.339 e. The SMILES string of the molecule is CCc1noc(C2CCCN(C(=O)c3ccc(C#N)cc3)C2)n1. The summed E-state index contributed by atoms with van der Waals surface area (Å²) in [6.45, 7) is 3.30. The summed E-state index contributed by atoms with van der Waals surface area (Å²) in [6, 6.07) is 8.79. The Labute approximate surface area is 134 Å². The Kier molecular flexibility index (Phi) is 4.38. The van der Waals surface area contributed by atoms with Crippen molar-refractivity contribution in [1.29, 1.82) is 5.26 Å². The van der Waals surface area contributed by atoms with E-state index in [9.17, 15) is 4.79 Å². The van der Waals surface area contributed by atoms with E-state index in [1.165, 1.54) is 0 Å². The molecule has 0 spiro atoms. The monoisotopic (exact) mass is 310 g/mol. The van der Waals surface area contributed by atoms with Crippen molar-refractivity contribution in [3.8, 4) is 6.07 Å². The van der Waals surface area contributed by atoms with E-state index in [-0.39, 0.29) is 11.8 Å². The lowest BCUT2D eigenvalue weighted by atomic mass is 9.97. The first-order chi connectivity index (χ1) is 11.2. The number of nitriles is 1. The van der Waals surface area contributed by atoms with Gasteiger partial charge < -0.3 is 9.42 Å². The summed E-state index contributed by atoms with van der Waals surface area (Å²) in [4.78, 5) is 18.8. The number of carbonyl (C=O) groups is 1. The zero-order valence-electron chi connectivity index (χ0n) is 13.0. The van der Waals surface area contributed by atoms with Crippen LogP contribution in [0.25, 0.3) is 0 Å². The molecule has 1 aliphatic heterocycles. The van der Waals surface area contributed by atoms with Crippen LogP contribution in [0.4, 0.5) is 0 Å². The second-order valence-corrected chi connectivity index (χ2v) is 5.68. The number of carbonyl (C=O) groups excluding carboxylic acids is 1. The lowest BCUT2D eigenvalue weighted by Crippen LogP contribution is -2.39. The Morgan fingerprint density at radius 1 is 1.43 bits per heavy atom. The van der Waals surface area contributed by atoms with Crippen molar-refractivity contribution in [3.63, 3.8) is 0 Å². The Morgan fingerprint density at radius 3 is 2.87 bits per heavy atom. The summed E-state index contributed by atoms with van der Waals surface area (Å²) in [5, 5.41) is 12.8. The molecule has 23 heavy (non-hydrogen) atoms. The van der Waals surface area contributed by atoms with Gasteiger partial charge in [0.2, 0.25) is 5.89 Å². The van der Waals surface area contributed by atoms with E-state index in [0.29, 0.717) is 29.4 Å². The normalized spacial score (nSPS) is 17.7. The van der Waals surface area contributed by atoms with Crippen molar-refractivity contribution in [1.82, 2.24) is 15.0 Å². The third kappa shape index (κ3) is 3.24. The number of hydrogen-bond acceptors (Lipinski definition) is 5. The van der Waals surface area contributed by atoms with Crippen LogP contribution in [0, 0.1) is 11.3 Å². The van der Waals surface area contributed by atoms with Crippen LogP contribution in [-0.4, -0.2) is 34.0 Å².